The molecule has 0 bridgehead atoms. The molecule has 18 nitrogen and oxygen atoms in total. The number of phosphoric acid groups is 1. The van der Waals surface area contributed by atoms with Gasteiger partial charge in [-0.2, -0.15) is 0 Å². The van der Waals surface area contributed by atoms with Crippen LogP contribution >= 0.6 is 15.2 Å². The molecule has 440 valence electrons. The van der Waals surface area contributed by atoms with Crippen molar-refractivity contribution in [1.29, 1.82) is 0 Å². The maximum Gasteiger partial charge on any atom is 0.469 e. The molecule has 0 spiro atoms. The van der Waals surface area contributed by atoms with Gasteiger partial charge in [-0.3, -0.25) is 9.09 Å². The Hall–Kier alpha value is -5.50. The molecule has 0 atom stereocenters. The Bertz CT molecular complexity index is 3370. The van der Waals surface area contributed by atoms with Crippen LogP contribution in [0.1, 0.15) is 85.8 Å². The predicted octanol–water partition coefficient (Wildman–Crippen LogP) is 11.1. The highest BCUT2D eigenvalue weighted by Crippen LogP contribution is 2.47. The van der Waals surface area contributed by atoms with Crippen LogP contribution in [0.3, 0.4) is 0 Å². The molecule has 4 N–H and O–H groups in total. The van der Waals surface area contributed by atoms with Gasteiger partial charge in [-0.1, -0.05) is 62.4 Å². The van der Waals surface area contributed by atoms with E-state index in [1.54, 1.807) is 31.5 Å². The van der Waals surface area contributed by atoms with Gasteiger partial charge in [-0.05, 0) is 157 Å². The summed E-state index contributed by atoms with van der Waals surface area (Å²) in [4.78, 5) is 32.1. The molecule has 4 aromatic carbocycles. The van der Waals surface area contributed by atoms with E-state index in [2.05, 4.69) is 49.1 Å². The maximum atomic E-state index is 13.0. The van der Waals surface area contributed by atoms with Crippen LogP contribution in [-0.2, 0) is 50.7 Å². The number of sulfone groups is 2. The lowest BCUT2D eigenvalue weighted by Crippen LogP contribution is -2.29. The summed E-state index contributed by atoms with van der Waals surface area (Å²) in [6.07, 6.45) is 9.42. The summed E-state index contributed by atoms with van der Waals surface area (Å²) in [5.41, 5.74) is 11.8. The quantitative estimate of drug-likeness (QED) is 0.0291. The van der Waals surface area contributed by atoms with Gasteiger partial charge >= 0.3 is 7.82 Å². The maximum absolute atomic E-state index is 13.0. The minimum Gasteiger partial charge on any atom is -0.491 e. The van der Waals surface area contributed by atoms with E-state index in [-0.39, 0.29) is 17.1 Å². The number of benzene rings is 4. The fourth-order valence-corrected chi connectivity index (χ4v) is 14.6. The van der Waals surface area contributed by atoms with Crippen LogP contribution in [0.25, 0.3) is 22.3 Å². The van der Waals surface area contributed by atoms with E-state index in [0.717, 1.165) is 136 Å². The standard InChI is InChI=1S/C31H40N3O5PS.C29H36N3O7PS/c1-5-34(15-17-39-40(3,4)35)14-7-16-38-29-13-12-27(23-8-6-9-26(19-23)41(36,37)25-10-11-25)28-20-24-18-22(2)21-32-31(24)33-30(28)29;1-3-32(13-15-39-40(33,34)35)12-5-14-38-27-11-10-25(21-6-4-7-24(17-21)41(36,37)23-8-9-23)26-18-22-16-20(2)19-30-29(22)31-28(26)27/h6,8-9,12-13,18-19,21,25H,5,7,10-11,14-17,20H2,1-4H3,(H,32,33);4,6-7,10-11,16-17,19,23H,3,5,8-9,12-15,18H2,1-2H3,(H,30,31)(H2,33,34,35). The lowest BCUT2D eigenvalue weighted by Gasteiger charge is -2.26. The second kappa shape index (κ2) is 26.2. The molecule has 4 heterocycles. The second-order valence-electron chi connectivity index (χ2n) is 21.8. The number of aromatic nitrogens is 2. The number of nitrogens with zero attached hydrogens (tertiary/aromatic N) is 4. The average Bonchev–Trinajstić information content (AvgIpc) is 3.12. The number of pyridine rings is 2. The Labute approximate surface area is 482 Å². The molecule has 0 amide bonds. The van der Waals surface area contributed by atoms with E-state index in [9.17, 15) is 26.0 Å². The number of aryl methyl sites for hydroxylation is 2. The van der Waals surface area contributed by atoms with E-state index in [1.165, 1.54) is 0 Å². The van der Waals surface area contributed by atoms with Gasteiger partial charge in [0.25, 0.3) is 0 Å². The molecule has 0 unspecified atom stereocenters. The first-order valence-electron chi connectivity index (χ1n) is 28.2. The number of rotatable bonds is 26. The average molecular weight is 1200 g/mol. The van der Waals surface area contributed by atoms with Crippen molar-refractivity contribution >= 4 is 57.9 Å². The number of hydrogen-bond donors (Lipinski definition) is 4. The molecule has 4 aliphatic rings. The van der Waals surface area contributed by atoms with E-state index in [1.807, 2.05) is 92.7 Å². The molecule has 2 aromatic heterocycles. The van der Waals surface area contributed by atoms with Crippen LogP contribution < -0.4 is 20.1 Å². The lowest BCUT2D eigenvalue weighted by atomic mass is 9.90. The molecule has 0 saturated heterocycles. The molecule has 0 radical (unpaired) electrons. The van der Waals surface area contributed by atoms with Crippen molar-refractivity contribution in [2.24, 2.45) is 0 Å². The molecule has 6 aromatic rings. The number of ether oxygens (including phenoxy) is 2. The normalized spacial score (nSPS) is 14.9. The van der Waals surface area contributed by atoms with Crippen molar-refractivity contribution in [3.8, 4) is 33.8 Å². The number of nitrogens with one attached hydrogen (secondary N) is 2. The van der Waals surface area contributed by atoms with Crippen LogP contribution in [0, 0.1) is 13.8 Å². The Morgan fingerprint density at radius 2 is 1.01 bits per heavy atom. The van der Waals surface area contributed by atoms with Crippen LogP contribution in [0.15, 0.2) is 107 Å². The molecule has 22 heteroatoms. The zero-order valence-corrected chi connectivity index (χ0v) is 51.0. The number of likely N-dealkylation sites (N-methyl/N-ethyl adjacent to an activating group) is 2. The first kappa shape index (κ1) is 61.1. The van der Waals surface area contributed by atoms with Gasteiger partial charge in [0.15, 0.2) is 27.0 Å². The number of anilines is 4. The van der Waals surface area contributed by atoms with E-state index >= 15 is 0 Å². The third-order valence-electron chi connectivity index (χ3n) is 15.0. The summed E-state index contributed by atoms with van der Waals surface area (Å²) in [6.45, 7) is 17.0. The van der Waals surface area contributed by atoms with Crippen molar-refractivity contribution in [1.82, 2.24) is 19.8 Å². The summed E-state index contributed by atoms with van der Waals surface area (Å²) < 4.78 is 97.2. The number of hydrogen-bond acceptors (Lipinski definition) is 16. The Kier molecular flexibility index (Phi) is 19.5. The van der Waals surface area contributed by atoms with Crippen LogP contribution in [0.2, 0.25) is 0 Å². The summed E-state index contributed by atoms with van der Waals surface area (Å²) >= 11 is 0. The predicted molar refractivity (Wildman–Crippen MR) is 322 cm³/mol. The molecule has 82 heavy (non-hydrogen) atoms. The summed E-state index contributed by atoms with van der Waals surface area (Å²) in [6, 6.07) is 26.7. The van der Waals surface area contributed by atoms with Gasteiger partial charge in [-0.15, -0.1) is 0 Å². The highest BCUT2D eigenvalue weighted by Gasteiger charge is 2.38. The van der Waals surface area contributed by atoms with Crippen molar-refractivity contribution in [2.75, 3.05) is 89.7 Å². The minimum atomic E-state index is -4.47. The van der Waals surface area contributed by atoms with Crippen molar-refractivity contribution in [2.45, 2.75) is 99.4 Å². The van der Waals surface area contributed by atoms with Crippen LogP contribution in [-0.4, -0.2) is 136 Å². The number of fused-ring (bicyclic) bond motifs is 4. The third-order valence-corrected chi connectivity index (χ3v) is 20.8. The molecular weight excluding hydrogens is 1120 g/mol. The lowest BCUT2D eigenvalue weighted by molar-refractivity contribution is 0.159. The highest BCUT2D eigenvalue weighted by molar-refractivity contribution is 7.92. The first-order chi connectivity index (χ1) is 39.1. The first-order valence-corrected chi connectivity index (χ1v) is 35.3. The largest absolute Gasteiger partial charge is 0.491 e. The fourth-order valence-electron chi connectivity index (χ4n) is 10.3. The monoisotopic (exact) mass is 1200 g/mol. The molecule has 2 fully saturated rings. The third kappa shape index (κ3) is 15.6. The molecule has 2 aliphatic carbocycles. The van der Waals surface area contributed by atoms with Crippen LogP contribution in [0.5, 0.6) is 11.5 Å². The summed E-state index contributed by atoms with van der Waals surface area (Å²) in [7, 11) is -13.6. The fraction of sp³-hybridized carbons (Fsp3) is 0.433. The molecular formula is C60H76N6O12P2S2. The zero-order chi connectivity index (χ0) is 58.4. The van der Waals surface area contributed by atoms with Gasteiger partial charge in [0.1, 0.15) is 23.1 Å². The van der Waals surface area contributed by atoms with Crippen molar-refractivity contribution in [3.05, 3.63) is 131 Å². The van der Waals surface area contributed by atoms with Crippen LogP contribution in [0.4, 0.5) is 23.0 Å². The topological polar surface area (TPSA) is 236 Å². The highest BCUT2D eigenvalue weighted by atomic mass is 32.2. The smallest absolute Gasteiger partial charge is 0.469 e. The SMILES string of the molecule is CCN(CCCOc1ccc(-c2cccc(S(=O)(=O)C3CC3)c2)c2c1Nc1ncc(C)cc1C2)CCOP(=O)(O)O.CCN(CCCOc1ccc(-c2cccc(S(=O)(=O)C3CC3)c2)c2c1Nc1ncc(C)cc1C2)CCOP(C)(C)=O. The van der Waals surface area contributed by atoms with Gasteiger partial charge in [0, 0.05) is 64.7 Å². The Balaban J connectivity index is 0.000000198. The van der Waals surface area contributed by atoms with E-state index in [4.69, 9.17) is 23.8 Å². The molecule has 10 rings (SSSR count). The van der Waals surface area contributed by atoms with Crippen molar-refractivity contribution in [3.63, 3.8) is 0 Å². The van der Waals surface area contributed by atoms with E-state index < -0.39 is 34.9 Å². The molecule has 2 aliphatic heterocycles. The zero-order valence-electron chi connectivity index (χ0n) is 47.6. The summed E-state index contributed by atoms with van der Waals surface area (Å²) in [5.74, 6) is 3.03. The minimum absolute atomic E-state index is 0.0487. The Morgan fingerprint density at radius 1 is 0.585 bits per heavy atom. The van der Waals surface area contributed by atoms with Gasteiger partial charge in [0.2, 0.25) is 0 Å². The Morgan fingerprint density at radius 3 is 1.40 bits per heavy atom. The van der Waals surface area contributed by atoms with Gasteiger partial charge in [-0.25, -0.2) is 31.4 Å². The second-order valence-corrected chi connectivity index (χ2v) is 30.3. The molecule has 2 saturated carbocycles. The number of phosphoric ester groups is 1. The van der Waals surface area contributed by atoms with Gasteiger partial charge in [0.05, 0.1) is 58.1 Å². The summed E-state index contributed by atoms with van der Waals surface area (Å²) in [5, 5.41) is 6.46. The van der Waals surface area contributed by atoms with E-state index in [0.29, 0.717) is 74.3 Å². The van der Waals surface area contributed by atoms with Crippen molar-refractivity contribution < 1.29 is 54.3 Å². The van der Waals surface area contributed by atoms with Gasteiger partial charge < -0.3 is 44.2 Å².